The van der Waals surface area contributed by atoms with Crippen LogP contribution < -0.4 is 21.7 Å². The molecule has 1 aromatic carbocycles. The van der Waals surface area contributed by atoms with E-state index >= 15 is 0 Å². The van der Waals surface area contributed by atoms with Crippen molar-refractivity contribution in [3.05, 3.63) is 48.0 Å². The third-order valence-corrected chi connectivity index (χ3v) is 5.10. The second-order valence-corrected chi connectivity index (χ2v) is 8.62. The van der Waals surface area contributed by atoms with E-state index in [2.05, 4.69) is 25.9 Å². The van der Waals surface area contributed by atoms with Gasteiger partial charge >= 0.3 is 5.97 Å². The number of aromatic amines is 1. The van der Waals surface area contributed by atoms with Crippen LogP contribution in [0.1, 0.15) is 31.5 Å². The molecule has 0 radical (unpaired) electrons. The van der Waals surface area contributed by atoms with Crippen molar-refractivity contribution in [3.8, 4) is 5.75 Å². The van der Waals surface area contributed by atoms with Crippen molar-refractivity contribution >= 4 is 23.7 Å². The number of phenols is 1. The van der Waals surface area contributed by atoms with Gasteiger partial charge in [-0.3, -0.25) is 14.4 Å². The number of carbonyl (C=O) groups is 4. The maximum atomic E-state index is 12.8. The van der Waals surface area contributed by atoms with Crippen LogP contribution in [0.3, 0.4) is 0 Å². The molecule has 0 aliphatic rings. The molecular formula is C23H32N6O6. The molecule has 3 unspecified atom stereocenters. The van der Waals surface area contributed by atoms with Gasteiger partial charge in [-0.15, -0.1) is 0 Å². The van der Waals surface area contributed by atoms with Crippen LogP contribution in [0, 0.1) is 5.92 Å². The summed E-state index contributed by atoms with van der Waals surface area (Å²) in [6.45, 7) is 3.20. The smallest absolute Gasteiger partial charge is 0.326 e. The second kappa shape index (κ2) is 13.1. The van der Waals surface area contributed by atoms with Crippen LogP contribution in [-0.4, -0.2) is 68.5 Å². The van der Waals surface area contributed by atoms with Gasteiger partial charge in [0, 0.05) is 18.3 Å². The van der Waals surface area contributed by atoms with Crippen molar-refractivity contribution in [1.29, 1.82) is 0 Å². The Labute approximate surface area is 202 Å². The number of phenolic OH excluding ortho intramolecular Hbond substituents is 1. The summed E-state index contributed by atoms with van der Waals surface area (Å²) in [5.74, 6) is -2.91. The zero-order valence-corrected chi connectivity index (χ0v) is 19.7. The van der Waals surface area contributed by atoms with Gasteiger partial charge < -0.3 is 36.9 Å². The largest absolute Gasteiger partial charge is 0.508 e. The molecular weight excluding hydrogens is 456 g/mol. The number of H-pyrrole nitrogens is 1. The number of aliphatic carboxylic acids is 1. The SMILES string of the molecule is CC(C)CC(NC(=O)CNC(=O)C(Cc1cnc[nH]1)NC(=O)C(N)Cc1ccc(O)cc1)C(=O)O. The van der Waals surface area contributed by atoms with E-state index in [1.54, 1.807) is 12.1 Å². The van der Waals surface area contributed by atoms with Crippen molar-refractivity contribution in [2.75, 3.05) is 6.54 Å². The number of carbonyl (C=O) groups excluding carboxylic acids is 3. The van der Waals surface area contributed by atoms with Crippen LogP contribution in [0.15, 0.2) is 36.8 Å². The van der Waals surface area contributed by atoms with Gasteiger partial charge in [-0.05, 0) is 36.5 Å². The van der Waals surface area contributed by atoms with Crippen molar-refractivity contribution < 1.29 is 29.4 Å². The molecule has 3 atom stereocenters. The molecule has 0 saturated carbocycles. The molecule has 2 rings (SSSR count). The lowest BCUT2D eigenvalue weighted by atomic mass is 10.0. The minimum Gasteiger partial charge on any atom is -0.508 e. The third kappa shape index (κ3) is 9.45. The Bertz CT molecular complexity index is 992. The molecule has 1 heterocycles. The van der Waals surface area contributed by atoms with Crippen molar-refractivity contribution in [3.63, 3.8) is 0 Å². The molecule has 0 saturated heterocycles. The Kier molecular flexibility index (Phi) is 10.2. The van der Waals surface area contributed by atoms with Gasteiger partial charge in [0.15, 0.2) is 0 Å². The van der Waals surface area contributed by atoms with E-state index in [1.807, 2.05) is 13.8 Å². The number of aromatic nitrogens is 2. The van der Waals surface area contributed by atoms with E-state index in [1.165, 1.54) is 24.7 Å². The summed E-state index contributed by atoms with van der Waals surface area (Å²) in [4.78, 5) is 55.8. The number of hydrogen-bond acceptors (Lipinski definition) is 7. The summed E-state index contributed by atoms with van der Waals surface area (Å²) in [5.41, 5.74) is 7.31. The number of carboxylic acid groups (broad SMARTS) is 1. The Hall–Kier alpha value is -3.93. The molecule has 0 aliphatic heterocycles. The summed E-state index contributed by atoms with van der Waals surface area (Å²) < 4.78 is 0. The number of aromatic hydroxyl groups is 1. The fourth-order valence-electron chi connectivity index (χ4n) is 3.31. The average molecular weight is 489 g/mol. The molecule has 2 aromatic rings. The summed E-state index contributed by atoms with van der Waals surface area (Å²) in [6.07, 6.45) is 3.41. The first-order chi connectivity index (χ1) is 16.5. The van der Waals surface area contributed by atoms with Crippen LogP contribution in [0.4, 0.5) is 0 Å². The number of hydrogen-bond donors (Lipinski definition) is 7. The highest BCUT2D eigenvalue weighted by Crippen LogP contribution is 2.11. The van der Waals surface area contributed by atoms with Crippen LogP contribution in [0.5, 0.6) is 5.75 Å². The maximum absolute atomic E-state index is 12.8. The molecule has 0 aliphatic carbocycles. The van der Waals surface area contributed by atoms with Gasteiger partial charge in [0.25, 0.3) is 0 Å². The molecule has 35 heavy (non-hydrogen) atoms. The first kappa shape index (κ1) is 27.3. The van der Waals surface area contributed by atoms with Crippen LogP contribution in [-0.2, 0) is 32.0 Å². The highest BCUT2D eigenvalue weighted by Gasteiger charge is 2.26. The van der Waals surface area contributed by atoms with E-state index in [-0.39, 0.29) is 30.9 Å². The van der Waals surface area contributed by atoms with Gasteiger partial charge in [-0.1, -0.05) is 26.0 Å². The molecule has 190 valence electrons. The van der Waals surface area contributed by atoms with Gasteiger partial charge in [0.2, 0.25) is 17.7 Å². The van der Waals surface area contributed by atoms with E-state index in [0.717, 1.165) is 5.56 Å². The minimum atomic E-state index is -1.16. The quantitative estimate of drug-likeness (QED) is 0.194. The fourth-order valence-corrected chi connectivity index (χ4v) is 3.31. The van der Waals surface area contributed by atoms with E-state index in [0.29, 0.717) is 5.69 Å². The number of imidazole rings is 1. The highest BCUT2D eigenvalue weighted by molar-refractivity contribution is 5.92. The van der Waals surface area contributed by atoms with Crippen molar-refractivity contribution in [2.45, 2.75) is 51.2 Å². The Morgan fingerprint density at radius 2 is 1.71 bits per heavy atom. The lowest BCUT2D eigenvalue weighted by Crippen LogP contribution is -2.54. The zero-order valence-electron chi connectivity index (χ0n) is 19.7. The molecule has 0 fully saturated rings. The monoisotopic (exact) mass is 488 g/mol. The van der Waals surface area contributed by atoms with Gasteiger partial charge in [-0.2, -0.15) is 0 Å². The normalized spacial score (nSPS) is 13.5. The summed E-state index contributed by atoms with van der Waals surface area (Å²) in [5, 5.41) is 26.1. The maximum Gasteiger partial charge on any atom is 0.326 e. The van der Waals surface area contributed by atoms with E-state index in [4.69, 9.17) is 5.73 Å². The third-order valence-electron chi connectivity index (χ3n) is 5.10. The number of carboxylic acids is 1. The fraction of sp³-hybridized carbons (Fsp3) is 0.435. The van der Waals surface area contributed by atoms with Crippen LogP contribution in [0.25, 0.3) is 0 Å². The Morgan fingerprint density at radius 1 is 1.03 bits per heavy atom. The van der Waals surface area contributed by atoms with Gasteiger partial charge in [0.1, 0.15) is 17.8 Å². The molecule has 8 N–H and O–H groups in total. The van der Waals surface area contributed by atoms with Crippen LogP contribution >= 0.6 is 0 Å². The lowest BCUT2D eigenvalue weighted by Gasteiger charge is -2.21. The van der Waals surface area contributed by atoms with Crippen molar-refractivity contribution in [2.24, 2.45) is 11.7 Å². The standard InChI is InChI=1S/C23H32N6O6/c1-13(2)7-19(23(34)35)28-20(31)11-26-22(33)18(9-15-10-25-12-27-15)29-21(32)17(24)8-14-3-5-16(30)6-4-14/h3-6,10,12-13,17-19,30H,7-9,11,24H2,1-2H3,(H,25,27)(H,26,33)(H,28,31)(H,29,32)(H,34,35). The second-order valence-electron chi connectivity index (χ2n) is 8.62. The molecule has 1 aromatic heterocycles. The predicted octanol–water partition coefficient (Wildman–Crippen LogP) is -0.556. The molecule has 12 nitrogen and oxygen atoms in total. The van der Waals surface area contributed by atoms with E-state index < -0.39 is 48.4 Å². The number of rotatable bonds is 13. The number of amides is 3. The number of nitrogens with one attached hydrogen (secondary N) is 4. The Morgan fingerprint density at radius 3 is 2.29 bits per heavy atom. The van der Waals surface area contributed by atoms with Crippen molar-refractivity contribution in [1.82, 2.24) is 25.9 Å². The lowest BCUT2D eigenvalue weighted by molar-refractivity contribution is -0.142. The molecule has 0 spiro atoms. The summed E-state index contributed by atoms with van der Waals surface area (Å²) in [7, 11) is 0. The number of nitrogens with zero attached hydrogens (tertiary/aromatic N) is 1. The topological polar surface area (TPSA) is 200 Å². The van der Waals surface area contributed by atoms with Crippen LogP contribution in [0.2, 0.25) is 0 Å². The predicted molar refractivity (Wildman–Crippen MR) is 126 cm³/mol. The average Bonchev–Trinajstić information content (AvgIpc) is 3.30. The summed E-state index contributed by atoms with van der Waals surface area (Å²) in [6, 6.07) is 3.14. The number of nitrogens with two attached hydrogens (primary N) is 1. The molecule has 3 amide bonds. The number of benzene rings is 1. The Balaban J connectivity index is 1.98. The molecule has 12 heteroatoms. The minimum absolute atomic E-state index is 0.0470. The summed E-state index contributed by atoms with van der Waals surface area (Å²) >= 11 is 0. The van der Waals surface area contributed by atoms with E-state index in [9.17, 15) is 29.4 Å². The first-order valence-corrected chi connectivity index (χ1v) is 11.2. The van der Waals surface area contributed by atoms with Gasteiger partial charge in [0.05, 0.1) is 18.9 Å². The molecule has 0 bridgehead atoms. The zero-order chi connectivity index (χ0) is 26.0. The first-order valence-electron chi connectivity index (χ1n) is 11.2. The highest BCUT2D eigenvalue weighted by atomic mass is 16.4. The van der Waals surface area contributed by atoms with Gasteiger partial charge in [-0.25, -0.2) is 9.78 Å².